The minimum absolute atomic E-state index is 0.249. The van der Waals surface area contributed by atoms with Crippen LogP contribution in [0.2, 0.25) is 0 Å². The molecule has 4 heteroatoms. The second-order valence-corrected chi connectivity index (χ2v) is 2.82. The summed E-state index contributed by atoms with van der Waals surface area (Å²) in [5.74, 6) is 0. The lowest BCUT2D eigenvalue weighted by Gasteiger charge is -1.99. The van der Waals surface area contributed by atoms with Crippen LogP contribution in [0, 0.1) is 10.1 Å². The van der Waals surface area contributed by atoms with Gasteiger partial charge >= 0.3 is 0 Å². The Labute approximate surface area is 73.0 Å². The van der Waals surface area contributed by atoms with Crippen LogP contribution in [0.4, 0.5) is 0 Å². The Balaban J connectivity index is 2.86. The van der Waals surface area contributed by atoms with E-state index in [-0.39, 0.29) is 6.61 Å². The highest BCUT2D eigenvalue weighted by molar-refractivity contribution is 4.42. The molecule has 12 heavy (non-hydrogen) atoms. The molecule has 0 N–H and O–H groups in total. The second kappa shape index (κ2) is 8.30. The first kappa shape index (κ1) is 11.2. The predicted octanol–water partition coefficient (Wildman–Crippen LogP) is 2.56. The predicted molar refractivity (Wildman–Crippen MR) is 46.3 cm³/mol. The summed E-state index contributed by atoms with van der Waals surface area (Å²) in [6, 6.07) is 0. The first-order valence-electron chi connectivity index (χ1n) is 4.54. The van der Waals surface area contributed by atoms with Crippen molar-refractivity contribution in [2.24, 2.45) is 0 Å². The fraction of sp³-hybridized carbons (Fsp3) is 1.00. The summed E-state index contributed by atoms with van der Waals surface area (Å²) in [6.45, 7) is 2.41. The monoisotopic (exact) mass is 175 g/mol. The normalized spacial score (nSPS) is 9.75. The first-order chi connectivity index (χ1) is 5.77. The smallest absolute Gasteiger partial charge is 0.294 e. The van der Waals surface area contributed by atoms with Crippen LogP contribution in [0.5, 0.6) is 0 Å². The molecule has 0 amide bonds. The maximum atomic E-state index is 9.72. The summed E-state index contributed by atoms with van der Waals surface area (Å²) in [4.78, 5) is 13.9. The maximum absolute atomic E-state index is 9.72. The molecule has 0 saturated carbocycles. The Morgan fingerprint density at radius 1 is 1.17 bits per heavy atom. The fourth-order valence-corrected chi connectivity index (χ4v) is 1.02. The van der Waals surface area contributed by atoms with Gasteiger partial charge in [0.15, 0.2) is 0 Å². The van der Waals surface area contributed by atoms with Gasteiger partial charge in [-0.2, -0.15) is 0 Å². The number of hydrogen-bond acceptors (Lipinski definition) is 3. The van der Waals surface area contributed by atoms with E-state index in [4.69, 9.17) is 0 Å². The van der Waals surface area contributed by atoms with E-state index in [0.29, 0.717) is 0 Å². The van der Waals surface area contributed by atoms with Crippen LogP contribution in [0.25, 0.3) is 0 Å². The molecule has 72 valence electrons. The van der Waals surface area contributed by atoms with Crippen molar-refractivity contribution in [1.29, 1.82) is 0 Å². The van der Waals surface area contributed by atoms with E-state index in [2.05, 4.69) is 11.8 Å². The Kier molecular flexibility index (Phi) is 7.74. The molecular weight excluding hydrogens is 158 g/mol. The molecule has 0 aliphatic rings. The lowest BCUT2D eigenvalue weighted by Crippen LogP contribution is -2.01. The van der Waals surface area contributed by atoms with Crippen LogP contribution in [-0.4, -0.2) is 11.7 Å². The van der Waals surface area contributed by atoms with E-state index in [1.54, 1.807) is 0 Å². The Hall–Kier alpha value is -0.800. The quantitative estimate of drug-likeness (QED) is 0.323. The molecule has 0 radical (unpaired) electrons. The summed E-state index contributed by atoms with van der Waals surface area (Å²) < 4.78 is 0. The van der Waals surface area contributed by atoms with Crippen molar-refractivity contribution in [1.82, 2.24) is 0 Å². The highest BCUT2D eigenvalue weighted by atomic mass is 16.9. The van der Waals surface area contributed by atoms with Gasteiger partial charge in [-0.1, -0.05) is 39.0 Å². The number of rotatable bonds is 8. The Bertz CT molecular complexity index is 117. The van der Waals surface area contributed by atoms with Crippen LogP contribution < -0.4 is 0 Å². The van der Waals surface area contributed by atoms with Gasteiger partial charge in [0.1, 0.15) is 0 Å². The number of unbranched alkanes of at least 4 members (excludes halogenated alkanes) is 5. The van der Waals surface area contributed by atoms with Crippen LogP contribution in [-0.2, 0) is 4.84 Å². The molecule has 0 atom stereocenters. The standard InChI is InChI=1S/C8H17NO3/c1-2-3-4-5-6-7-8-12-9(10)11/h2-8H2,1H3. The van der Waals surface area contributed by atoms with Crippen molar-refractivity contribution >= 4 is 0 Å². The molecule has 0 heterocycles. The van der Waals surface area contributed by atoms with E-state index in [9.17, 15) is 10.1 Å². The highest BCUT2D eigenvalue weighted by Crippen LogP contribution is 2.04. The lowest BCUT2D eigenvalue weighted by molar-refractivity contribution is -0.757. The summed E-state index contributed by atoms with van der Waals surface area (Å²) in [7, 11) is 0. The minimum atomic E-state index is -0.730. The zero-order valence-electron chi connectivity index (χ0n) is 7.62. The second-order valence-electron chi connectivity index (χ2n) is 2.82. The van der Waals surface area contributed by atoms with Gasteiger partial charge in [-0.3, -0.25) is 0 Å². The summed E-state index contributed by atoms with van der Waals surface area (Å²) in [5, 5.41) is 8.99. The number of nitrogens with zero attached hydrogens (tertiary/aromatic N) is 1. The van der Waals surface area contributed by atoms with E-state index >= 15 is 0 Å². The molecule has 0 aromatic heterocycles. The molecule has 0 aliphatic carbocycles. The fourth-order valence-electron chi connectivity index (χ4n) is 1.02. The largest absolute Gasteiger partial charge is 0.314 e. The molecule has 0 aromatic rings. The average Bonchev–Trinajstić information content (AvgIpc) is 2.02. The van der Waals surface area contributed by atoms with Crippen LogP contribution in [0.3, 0.4) is 0 Å². The summed E-state index contributed by atoms with van der Waals surface area (Å²) >= 11 is 0. The molecule has 0 bridgehead atoms. The van der Waals surface area contributed by atoms with Gasteiger partial charge in [0.2, 0.25) is 0 Å². The van der Waals surface area contributed by atoms with Gasteiger partial charge in [0.05, 0.1) is 6.61 Å². The van der Waals surface area contributed by atoms with Crippen LogP contribution in [0.1, 0.15) is 45.4 Å². The highest BCUT2D eigenvalue weighted by Gasteiger charge is 1.93. The van der Waals surface area contributed by atoms with Gasteiger partial charge in [-0.25, -0.2) is 0 Å². The third-order valence-electron chi connectivity index (χ3n) is 1.69. The summed E-state index contributed by atoms with van der Waals surface area (Å²) in [5.41, 5.74) is 0. The maximum Gasteiger partial charge on any atom is 0.294 e. The van der Waals surface area contributed by atoms with Gasteiger partial charge < -0.3 is 4.84 Å². The molecule has 0 aliphatic heterocycles. The number of hydrogen-bond donors (Lipinski definition) is 0. The van der Waals surface area contributed by atoms with Gasteiger partial charge in [0, 0.05) is 0 Å². The van der Waals surface area contributed by atoms with Crippen LogP contribution >= 0.6 is 0 Å². The Morgan fingerprint density at radius 3 is 2.33 bits per heavy atom. The minimum Gasteiger partial charge on any atom is -0.314 e. The van der Waals surface area contributed by atoms with Crippen LogP contribution in [0.15, 0.2) is 0 Å². The van der Waals surface area contributed by atoms with Gasteiger partial charge in [-0.05, 0) is 6.42 Å². The average molecular weight is 175 g/mol. The van der Waals surface area contributed by atoms with E-state index < -0.39 is 5.09 Å². The topological polar surface area (TPSA) is 52.4 Å². The molecule has 0 spiro atoms. The molecule has 0 saturated heterocycles. The summed E-state index contributed by atoms with van der Waals surface area (Å²) in [6.07, 6.45) is 6.71. The third kappa shape index (κ3) is 9.20. The lowest BCUT2D eigenvalue weighted by atomic mass is 10.1. The molecule has 0 fully saturated rings. The molecular formula is C8H17NO3. The van der Waals surface area contributed by atoms with Crippen molar-refractivity contribution in [3.63, 3.8) is 0 Å². The molecule has 0 aromatic carbocycles. The van der Waals surface area contributed by atoms with Crippen molar-refractivity contribution < 1.29 is 9.92 Å². The zero-order chi connectivity index (χ0) is 9.23. The van der Waals surface area contributed by atoms with E-state index in [1.165, 1.54) is 19.3 Å². The van der Waals surface area contributed by atoms with Gasteiger partial charge in [-0.15, -0.1) is 10.1 Å². The van der Waals surface area contributed by atoms with E-state index in [0.717, 1.165) is 19.3 Å². The third-order valence-corrected chi connectivity index (χ3v) is 1.69. The van der Waals surface area contributed by atoms with Crippen molar-refractivity contribution in [3.8, 4) is 0 Å². The molecule has 4 nitrogen and oxygen atoms in total. The van der Waals surface area contributed by atoms with Crippen molar-refractivity contribution in [2.45, 2.75) is 45.4 Å². The zero-order valence-corrected chi connectivity index (χ0v) is 7.62. The van der Waals surface area contributed by atoms with E-state index in [1.807, 2.05) is 0 Å². The Morgan fingerprint density at radius 2 is 1.75 bits per heavy atom. The van der Waals surface area contributed by atoms with Crippen molar-refractivity contribution in [3.05, 3.63) is 10.1 Å². The van der Waals surface area contributed by atoms with Crippen molar-refractivity contribution in [2.75, 3.05) is 6.61 Å². The SMILES string of the molecule is CCCCCCCCO[N+](=O)[O-]. The first-order valence-corrected chi connectivity index (χ1v) is 4.54. The van der Waals surface area contributed by atoms with Gasteiger partial charge in [0.25, 0.3) is 5.09 Å². The molecule has 0 unspecified atom stereocenters. The molecule has 0 rings (SSSR count).